The van der Waals surface area contributed by atoms with Crippen LogP contribution in [0.2, 0.25) is 0 Å². The lowest BCUT2D eigenvalue weighted by Gasteiger charge is -2.15. The maximum absolute atomic E-state index is 12.0. The molecule has 9 heteroatoms. The van der Waals surface area contributed by atoms with Crippen LogP contribution in [-0.4, -0.2) is 39.4 Å². The van der Waals surface area contributed by atoms with E-state index in [1.165, 1.54) is 32.2 Å². The Morgan fingerprint density at radius 1 is 1.26 bits per heavy atom. The van der Waals surface area contributed by atoms with Crippen LogP contribution >= 0.6 is 0 Å². The normalized spacial score (nSPS) is 13.9. The van der Waals surface area contributed by atoms with E-state index >= 15 is 0 Å². The van der Waals surface area contributed by atoms with E-state index in [4.69, 9.17) is 5.73 Å². The standard InChI is InChI=1S/C14H22N4O4S/c1-9(15)7-13(19)17-10(2)14(20)18-11-5-4-6-12(8-11)23(21,22)16-3/h4-6,8-10,16H,7,15H2,1-3H3,(H,17,19)(H,18,20). The lowest BCUT2D eigenvalue weighted by atomic mass is 10.2. The number of hydrogen-bond acceptors (Lipinski definition) is 5. The van der Waals surface area contributed by atoms with Crippen molar-refractivity contribution in [1.29, 1.82) is 0 Å². The molecule has 1 aromatic rings. The minimum Gasteiger partial charge on any atom is -0.345 e. The highest BCUT2D eigenvalue weighted by atomic mass is 32.2. The summed E-state index contributed by atoms with van der Waals surface area (Å²) in [4.78, 5) is 23.7. The molecule has 0 fully saturated rings. The highest BCUT2D eigenvalue weighted by Gasteiger charge is 2.17. The topological polar surface area (TPSA) is 130 Å². The second-order valence-electron chi connectivity index (χ2n) is 5.20. The number of nitrogens with two attached hydrogens (primary N) is 1. The Balaban J connectivity index is 2.74. The molecule has 23 heavy (non-hydrogen) atoms. The summed E-state index contributed by atoms with van der Waals surface area (Å²) >= 11 is 0. The van der Waals surface area contributed by atoms with Crippen molar-refractivity contribution < 1.29 is 18.0 Å². The fourth-order valence-corrected chi connectivity index (χ4v) is 2.54. The van der Waals surface area contributed by atoms with Crippen LogP contribution in [0, 0.1) is 0 Å². The third-order valence-corrected chi connectivity index (χ3v) is 4.37. The number of amides is 2. The minimum atomic E-state index is -3.59. The number of anilines is 1. The van der Waals surface area contributed by atoms with Crippen molar-refractivity contribution in [2.24, 2.45) is 5.73 Å². The maximum Gasteiger partial charge on any atom is 0.246 e. The number of nitrogens with one attached hydrogen (secondary N) is 3. The zero-order chi connectivity index (χ0) is 17.6. The Labute approximate surface area is 135 Å². The van der Waals surface area contributed by atoms with E-state index in [9.17, 15) is 18.0 Å². The highest BCUT2D eigenvalue weighted by Crippen LogP contribution is 2.15. The van der Waals surface area contributed by atoms with E-state index in [2.05, 4.69) is 15.4 Å². The Kier molecular flexibility index (Phi) is 6.67. The van der Waals surface area contributed by atoms with Crippen molar-refractivity contribution in [3.05, 3.63) is 24.3 Å². The second-order valence-corrected chi connectivity index (χ2v) is 7.08. The second kappa shape index (κ2) is 8.04. The van der Waals surface area contributed by atoms with Crippen molar-refractivity contribution in [2.45, 2.75) is 37.2 Å². The summed E-state index contributed by atoms with van der Waals surface area (Å²) in [5.74, 6) is -0.781. The molecule has 0 aliphatic carbocycles. The Morgan fingerprint density at radius 3 is 2.48 bits per heavy atom. The number of benzene rings is 1. The maximum atomic E-state index is 12.0. The summed E-state index contributed by atoms with van der Waals surface area (Å²) in [6, 6.07) is 4.75. The third-order valence-electron chi connectivity index (χ3n) is 2.96. The van der Waals surface area contributed by atoms with E-state index in [-0.39, 0.29) is 23.3 Å². The summed E-state index contributed by atoms with van der Waals surface area (Å²) in [7, 11) is -2.29. The van der Waals surface area contributed by atoms with Crippen molar-refractivity contribution in [3.63, 3.8) is 0 Å². The van der Waals surface area contributed by atoms with Gasteiger partial charge in [-0.05, 0) is 39.1 Å². The summed E-state index contributed by atoms with van der Waals surface area (Å²) in [6.07, 6.45) is 0.119. The fourth-order valence-electron chi connectivity index (χ4n) is 1.77. The molecular weight excluding hydrogens is 320 g/mol. The predicted octanol–water partition coefficient (Wildman–Crippen LogP) is -0.225. The van der Waals surface area contributed by atoms with Gasteiger partial charge in [0, 0.05) is 18.2 Å². The quantitative estimate of drug-likeness (QED) is 0.544. The molecule has 2 unspecified atom stereocenters. The molecule has 0 aromatic heterocycles. The van der Waals surface area contributed by atoms with E-state index in [1.807, 2.05) is 0 Å². The van der Waals surface area contributed by atoms with Gasteiger partial charge in [0.05, 0.1) is 4.90 Å². The average molecular weight is 342 g/mol. The third kappa shape index (κ3) is 5.97. The molecule has 0 aliphatic rings. The van der Waals surface area contributed by atoms with Crippen LogP contribution in [0.3, 0.4) is 0 Å². The van der Waals surface area contributed by atoms with Gasteiger partial charge in [-0.25, -0.2) is 13.1 Å². The van der Waals surface area contributed by atoms with Crippen LogP contribution in [0.5, 0.6) is 0 Å². The molecule has 1 rings (SSSR count). The number of carbonyl (C=O) groups excluding carboxylic acids is 2. The lowest BCUT2D eigenvalue weighted by Crippen LogP contribution is -2.43. The van der Waals surface area contributed by atoms with E-state index in [0.717, 1.165) is 0 Å². The minimum absolute atomic E-state index is 0.0337. The van der Waals surface area contributed by atoms with Crippen LogP contribution in [-0.2, 0) is 19.6 Å². The Morgan fingerprint density at radius 2 is 1.91 bits per heavy atom. The largest absolute Gasteiger partial charge is 0.345 e. The first-order valence-electron chi connectivity index (χ1n) is 7.05. The fraction of sp³-hybridized carbons (Fsp3) is 0.429. The molecule has 1 aromatic carbocycles. The Bertz CT molecular complexity index is 673. The van der Waals surface area contributed by atoms with Gasteiger partial charge < -0.3 is 16.4 Å². The van der Waals surface area contributed by atoms with Crippen molar-refractivity contribution in [3.8, 4) is 0 Å². The first kappa shape index (κ1) is 19.1. The van der Waals surface area contributed by atoms with E-state index in [0.29, 0.717) is 5.69 Å². The van der Waals surface area contributed by atoms with Crippen LogP contribution in [0.4, 0.5) is 5.69 Å². The van der Waals surface area contributed by atoms with Crippen LogP contribution in [0.15, 0.2) is 29.2 Å². The predicted molar refractivity (Wildman–Crippen MR) is 87.2 cm³/mol. The van der Waals surface area contributed by atoms with Gasteiger partial charge in [-0.15, -0.1) is 0 Å². The summed E-state index contributed by atoms with van der Waals surface area (Å²) in [5, 5.41) is 5.09. The molecule has 0 spiro atoms. The highest BCUT2D eigenvalue weighted by molar-refractivity contribution is 7.89. The van der Waals surface area contributed by atoms with Gasteiger partial charge in [0.15, 0.2) is 0 Å². The van der Waals surface area contributed by atoms with Gasteiger partial charge in [-0.2, -0.15) is 0 Å². The van der Waals surface area contributed by atoms with Crippen molar-refractivity contribution in [2.75, 3.05) is 12.4 Å². The SMILES string of the molecule is CNS(=O)(=O)c1cccc(NC(=O)C(C)NC(=O)CC(C)N)c1. The lowest BCUT2D eigenvalue weighted by molar-refractivity contribution is -0.126. The zero-order valence-corrected chi connectivity index (χ0v) is 14.1. The molecule has 0 aliphatic heterocycles. The van der Waals surface area contributed by atoms with Gasteiger partial charge in [0.2, 0.25) is 21.8 Å². The molecule has 0 bridgehead atoms. The first-order valence-corrected chi connectivity index (χ1v) is 8.53. The van der Waals surface area contributed by atoms with Crippen LogP contribution in [0.25, 0.3) is 0 Å². The average Bonchev–Trinajstić information content (AvgIpc) is 2.46. The number of sulfonamides is 1. The number of carbonyl (C=O) groups is 2. The number of rotatable bonds is 7. The zero-order valence-electron chi connectivity index (χ0n) is 13.3. The van der Waals surface area contributed by atoms with Gasteiger partial charge in [0.1, 0.15) is 6.04 Å². The van der Waals surface area contributed by atoms with Crippen LogP contribution in [0.1, 0.15) is 20.3 Å². The Hall–Kier alpha value is -1.97. The van der Waals surface area contributed by atoms with Gasteiger partial charge in [-0.1, -0.05) is 6.07 Å². The molecule has 2 amide bonds. The smallest absolute Gasteiger partial charge is 0.246 e. The van der Waals surface area contributed by atoms with Crippen molar-refractivity contribution >= 4 is 27.5 Å². The molecule has 2 atom stereocenters. The van der Waals surface area contributed by atoms with Crippen LogP contribution < -0.4 is 21.1 Å². The van der Waals surface area contributed by atoms with Gasteiger partial charge in [0.25, 0.3) is 0 Å². The molecule has 0 saturated heterocycles. The van der Waals surface area contributed by atoms with E-state index in [1.54, 1.807) is 13.0 Å². The molecular formula is C14H22N4O4S. The molecule has 128 valence electrons. The van der Waals surface area contributed by atoms with Crippen molar-refractivity contribution in [1.82, 2.24) is 10.0 Å². The molecule has 5 N–H and O–H groups in total. The number of hydrogen-bond donors (Lipinski definition) is 4. The van der Waals surface area contributed by atoms with E-state index < -0.39 is 22.0 Å². The summed E-state index contributed by atoms with van der Waals surface area (Å²) < 4.78 is 25.7. The summed E-state index contributed by atoms with van der Waals surface area (Å²) in [6.45, 7) is 3.22. The molecule has 8 nitrogen and oxygen atoms in total. The molecule has 0 saturated carbocycles. The molecule has 0 heterocycles. The van der Waals surface area contributed by atoms with Gasteiger partial charge in [-0.3, -0.25) is 9.59 Å². The van der Waals surface area contributed by atoms with Gasteiger partial charge >= 0.3 is 0 Å². The monoisotopic (exact) mass is 342 g/mol. The summed E-state index contributed by atoms with van der Waals surface area (Å²) in [5.41, 5.74) is 5.83. The molecule has 0 radical (unpaired) electrons. The first-order chi connectivity index (χ1) is 10.7.